The molecule has 12 heteroatoms. The van der Waals surface area contributed by atoms with Crippen LogP contribution in [0.25, 0.3) is 17.2 Å². The van der Waals surface area contributed by atoms with E-state index in [1.807, 2.05) is 6.07 Å². The van der Waals surface area contributed by atoms with E-state index in [1.54, 1.807) is 24.3 Å². The fourth-order valence-corrected chi connectivity index (χ4v) is 4.65. The summed E-state index contributed by atoms with van der Waals surface area (Å²) in [5, 5.41) is 2.45. The minimum Gasteiger partial charge on any atom is -0.493 e. The number of nitrogens with one attached hydrogen (secondary N) is 1. The molecule has 0 radical (unpaired) electrons. The van der Waals surface area contributed by atoms with Crippen molar-refractivity contribution in [3.8, 4) is 22.6 Å². The summed E-state index contributed by atoms with van der Waals surface area (Å²) >= 11 is 5.96. The number of alkyl halides is 6. The van der Waals surface area contributed by atoms with Crippen LogP contribution in [0.15, 0.2) is 65.6 Å². The van der Waals surface area contributed by atoms with Crippen molar-refractivity contribution in [1.82, 2.24) is 5.32 Å². The standard InChI is InChI=1S/C26H17F6NO3S2/c1-35-20-10-15(16-8-18(25(27,28)29)12-19(9-16)26(30,31)32)7-17(11-21-23(34)33-24(37)38-21)22(20)36-13-14-5-3-2-4-6-14/h2-12H,13H2,1H3,(H,33,34,37). The van der Waals surface area contributed by atoms with E-state index in [2.05, 4.69) is 5.32 Å². The Balaban J connectivity index is 1.89. The highest BCUT2D eigenvalue weighted by molar-refractivity contribution is 8.26. The zero-order chi connectivity index (χ0) is 27.7. The van der Waals surface area contributed by atoms with Crippen molar-refractivity contribution < 1.29 is 40.6 Å². The molecule has 1 aliphatic rings. The number of thioether (sulfide) groups is 1. The number of methoxy groups -OCH3 is 1. The summed E-state index contributed by atoms with van der Waals surface area (Å²) in [4.78, 5) is 12.5. The highest BCUT2D eigenvalue weighted by Crippen LogP contribution is 2.43. The van der Waals surface area contributed by atoms with Crippen molar-refractivity contribution >= 4 is 40.3 Å². The SMILES string of the molecule is COc1cc(-c2cc(C(F)(F)F)cc(C(F)(F)F)c2)cc(C=C2SC(=S)NC2=O)c1OCc1ccccc1. The Morgan fingerprint density at radius 1 is 0.921 bits per heavy atom. The summed E-state index contributed by atoms with van der Waals surface area (Å²) in [5.74, 6) is -0.319. The normalized spacial score (nSPS) is 15.1. The van der Waals surface area contributed by atoms with Crippen molar-refractivity contribution in [2.24, 2.45) is 0 Å². The van der Waals surface area contributed by atoms with Gasteiger partial charge in [0.05, 0.1) is 23.1 Å². The van der Waals surface area contributed by atoms with Crippen LogP contribution in [-0.4, -0.2) is 17.3 Å². The molecule has 38 heavy (non-hydrogen) atoms. The van der Waals surface area contributed by atoms with Crippen LogP contribution in [-0.2, 0) is 23.8 Å². The number of hydrogen-bond donors (Lipinski definition) is 1. The predicted octanol–water partition coefficient (Wildman–Crippen LogP) is 7.47. The van der Waals surface area contributed by atoms with E-state index in [1.165, 1.54) is 25.3 Å². The molecule has 198 valence electrons. The van der Waals surface area contributed by atoms with Gasteiger partial charge in [0.2, 0.25) is 0 Å². The topological polar surface area (TPSA) is 47.6 Å². The smallest absolute Gasteiger partial charge is 0.416 e. The van der Waals surface area contributed by atoms with Gasteiger partial charge in [0.15, 0.2) is 11.5 Å². The summed E-state index contributed by atoms with van der Waals surface area (Å²) in [6.07, 6.45) is -8.64. The first-order valence-electron chi connectivity index (χ1n) is 10.8. The second kappa shape index (κ2) is 10.7. The third-order valence-electron chi connectivity index (χ3n) is 5.38. The minimum absolute atomic E-state index is 0.0108. The molecule has 1 amide bonds. The van der Waals surface area contributed by atoms with Crippen LogP contribution in [0, 0.1) is 0 Å². The average Bonchev–Trinajstić information content (AvgIpc) is 3.18. The lowest BCUT2D eigenvalue weighted by Crippen LogP contribution is -2.17. The highest BCUT2D eigenvalue weighted by atomic mass is 32.2. The second-order valence-electron chi connectivity index (χ2n) is 8.02. The molecule has 3 aromatic carbocycles. The monoisotopic (exact) mass is 569 g/mol. The molecular weight excluding hydrogens is 552 g/mol. The van der Waals surface area contributed by atoms with Crippen molar-refractivity contribution in [3.05, 3.63) is 87.8 Å². The first-order chi connectivity index (χ1) is 17.8. The molecule has 0 unspecified atom stereocenters. The van der Waals surface area contributed by atoms with Crippen LogP contribution >= 0.6 is 24.0 Å². The molecule has 0 aliphatic carbocycles. The van der Waals surface area contributed by atoms with Gasteiger partial charge >= 0.3 is 12.4 Å². The Kier molecular flexibility index (Phi) is 7.75. The summed E-state index contributed by atoms with van der Waals surface area (Å²) in [5.41, 5.74) is -2.28. The predicted molar refractivity (Wildman–Crippen MR) is 136 cm³/mol. The molecule has 0 atom stereocenters. The fraction of sp³-hybridized carbons (Fsp3) is 0.154. The number of rotatable bonds is 6. The van der Waals surface area contributed by atoms with Crippen LogP contribution in [0.3, 0.4) is 0 Å². The van der Waals surface area contributed by atoms with Gasteiger partial charge in [-0.15, -0.1) is 0 Å². The zero-order valence-electron chi connectivity index (χ0n) is 19.4. The number of carbonyl (C=O) groups is 1. The van der Waals surface area contributed by atoms with Gasteiger partial charge < -0.3 is 14.8 Å². The maximum absolute atomic E-state index is 13.5. The molecule has 1 N–H and O–H groups in total. The van der Waals surface area contributed by atoms with E-state index < -0.39 is 29.4 Å². The maximum Gasteiger partial charge on any atom is 0.416 e. The lowest BCUT2D eigenvalue weighted by molar-refractivity contribution is -0.143. The molecule has 0 saturated carbocycles. The Hall–Kier alpha value is -3.51. The van der Waals surface area contributed by atoms with Gasteiger partial charge in [-0.25, -0.2) is 0 Å². The quantitative estimate of drug-likeness (QED) is 0.190. The zero-order valence-corrected chi connectivity index (χ0v) is 21.0. The van der Waals surface area contributed by atoms with Crippen LogP contribution in [0.4, 0.5) is 26.3 Å². The molecule has 3 aromatic rings. The molecule has 0 aromatic heterocycles. The maximum atomic E-state index is 13.5. The van der Waals surface area contributed by atoms with Crippen LogP contribution in [0.5, 0.6) is 11.5 Å². The molecule has 4 nitrogen and oxygen atoms in total. The summed E-state index contributed by atoms with van der Waals surface area (Å²) in [6.45, 7) is 0.0756. The second-order valence-corrected chi connectivity index (χ2v) is 9.74. The largest absolute Gasteiger partial charge is 0.493 e. The van der Waals surface area contributed by atoms with Gasteiger partial charge in [0, 0.05) is 5.56 Å². The lowest BCUT2D eigenvalue weighted by atomic mass is 9.96. The summed E-state index contributed by atoms with van der Waals surface area (Å²) in [7, 11) is 1.28. The van der Waals surface area contributed by atoms with E-state index in [9.17, 15) is 31.1 Å². The van der Waals surface area contributed by atoms with Crippen molar-refractivity contribution in [2.75, 3.05) is 7.11 Å². The fourth-order valence-electron chi connectivity index (χ4n) is 3.62. The molecule has 0 bridgehead atoms. The van der Waals surface area contributed by atoms with Crippen molar-refractivity contribution in [2.45, 2.75) is 19.0 Å². The van der Waals surface area contributed by atoms with Gasteiger partial charge in [0.1, 0.15) is 10.9 Å². The number of hydrogen-bond acceptors (Lipinski definition) is 5. The number of amides is 1. The first-order valence-corrected chi connectivity index (χ1v) is 12.0. The van der Waals surface area contributed by atoms with Gasteiger partial charge in [-0.05, 0) is 53.1 Å². The lowest BCUT2D eigenvalue weighted by Gasteiger charge is -2.18. The molecular formula is C26H17F6NO3S2. The van der Waals surface area contributed by atoms with Gasteiger partial charge in [-0.2, -0.15) is 26.3 Å². The van der Waals surface area contributed by atoms with E-state index in [4.69, 9.17) is 21.7 Å². The van der Waals surface area contributed by atoms with Gasteiger partial charge in [-0.3, -0.25) is 4.79 Å². The number of halogens is 6. The molecule has 0 spiro atoms. The van der Waals surface area contributed by atoms with Crippen molar-refractivity contribution in [1.29, 1.82) is 0 Å². The average molecular weight is 570 g/mol. The summed E-state index contributed by atoms with van der Waals surface area (Å²) in [6, 6.07) is 12.9. The van der Waals surface area contributed by atoms with Gasteiger partial charge in [0.25, 0.3) is 5.91 Å². The van der Waals surface area contributed by atoms with Crippen molar-refractivity contribution in [3.63, 3.8) is 0 Å². The minimum atomic E-state index is -5.02. The molecule has 1 fully saturated rings. The van der Waals surface area contributed by atoms with E-state index in [0.29, 0.717) is 12.1 Å². The molecule has 1 saturated heterocycles. The summed E-state index contributed by atoms with van der Waals surface area (Å²) < 4.78 is 92.4. The van der Waals surface area contributed by atoms with Crippen LogP contribution in [0.2, 0.25) is 0 Å². The number of thiocarbonyl (C=S) groups is 1. The highest BCUT2D eigenvalue weighted by Gasteiger charge is 2.37. The number of carbonyl (C=O) groups excluding carboxylic acids is 1. The van der Waals surface area contributed by atoms with E-state index in [-0.39, 0.29) is 50.1 Å². The third-order valence-corrected chi connectivity index (χ3v) is 6.54. The van der Waals surface area contributed by atoms with Gasteiger partial charge in [-0.1, -0.05) is 54.3 Å². The Morgan fingerprint density at radius 2 is 1.53 bits per heavy atom. The number of ether oxygens (including phenoxy) is 2. The Morgan fingerprint density at radius 3 is 2.05 bits per heavy atom. The van der Waals surface area contributed by atoms with Crippen LogP contribution in [0.1, 0.15) is 22.3 Å². The van der Waals surface area contributed by atoms with E-state index >= 15 is 0 Å². The molecule has 1 aliphatic heterocycles. The molecule has 4 rings (SSSR count). The Bertz CT molecular complexity index is 1390. The van der Waals surface area contributed by atoms with E-state index in [0.717, 1.165) is 17.3 Å². The number of benzene rings is 3. The Labute approximate surface area is 222 Å². The first kappa shape index (κ1) is 27.5. The van der Waals surface area contributed by atoms with Crippen LogP contribution < -0.4 is 14.8 Å². The third kappa shape index (κ3) is 6.30. The molecule has 1 heterocycles.